The van der Waals surface area contributed by atoms with Crippen molar-refractivity contribution >= 4 is 50.9 Å². The highest BCUT2D eigenvalue weighted by atomic mass is 19.1. The zero-order chi connectivity index (χ0) is 45.6. The summed E-state index contributed by atoms with van der Waals surface area (Å²) in [6.45, 7) is 10.1. The highest BCUT2D eigenvalue weighted by Gasteiger charge is 2.47. The number of ether oxygens (including phenoxy) is 1. The standard InChI is InChI=1S/C51H53FN10O5/c1-2-31-4-3-5-32-19-37(63)20-39(43(31)32)45-44(52)46-40(21-53-45)47(61-26-34-6-7-35(27-61)54-34)57-50(56-46)67-29-51(12-13-51)28-59-23-30(24-59)22-58-14-16-60(17-15-58)36-8-9-38-33(18-36)25-62(49(38)66)41-10-11-42(64)55-48(41)65/h1,3-5,8-9,18-21,30,34-35,41,54,63H,6-7,10-17,22-29H2,(H,55,64,65)/t34?,35?,41-/m0/s1. The van der Waals surface area contributed by atoms with Crippen LogP contribution < -0.4 is 25.2 Å². The van der Waals surface area contributed by atoms with Crippen LogP contribution in [-0.4, -0.2) is 143 Å². The van der Waals surface area contributed by atoms with Gasteiger partial charge in [-0.15, -0.1) is 6.42 Å². The minimum absolute atomic E-state index is 0.00332. The molecule has 344 valence electrons. The number of imide groups is 1. The Kier molecular flexibility index (Phi) is 10.3. The van der Waals surface area contributed by atoms with Crippen molar-refractivity contribution < 1.29 is 28.6 Å². The lowest BCUT2D eigenvalue weighted by molar-refractivity contribution is -0.136. The van der Waals surface area contributed by atoms with Gasteiger partial charge in [0.15, 0.2) is 5.82 Å². The fraction of sp³-hybridized carbons (Fsp3) is 0.451. The van der Waals surface area contributed by atoms with E-state index in [1.54, 1.807) is 23.2 Å². The second-order valence-electron chi connectivity index (χ2n) is 20.0. The number of aromatic nitrogens is 3. The molecule has 6 aliphatic heterocycles. The average Bonchev–Trinajstić information content (AvgIpc) is 3.90. The Morgan fingerprint density at radius 1 is 0.910 bits per heavy atom. The molecule has 3 atom stereocenters. The van der Waals surface area contributed by atoms with Gasteiger partial charge in [-0.25, -0.2) is 4.39 Å². The summed E-state index contributed by atoms with van der Waals surface area (Å²) in [5.41, 5.74) is 3.82. The Balaban J connectivity index is 0.687. The van der Waals surface area contributed by atoms with Crippen molar-refractivity contribution in [3.63, 3.8) is 0 Å². The predicted octanol–water partition coefficient (Wildman–Crippen LogP) is 4.29. The number of nitrogens with one attached hydrogen (secondary N) is 2. The van der Waals surface area contributed by atoms with Gasteiger partial charge in [-0.05, 0) is 85.4 Å². The van der Waals surface area contributed by atoms with E-state index < -0.39 is 17.8 Å². The summed E-state index contributed by atoms with van der Waals surface area (Å²) in [6, 6.07) is 14.8. The van der Waals surface area contributed by atoms with E-state index in [9.17, 15) is 19.5 Å². The molecule has 1 saturated carbocycles. The smallest absolute Gasteiger partial charge is 0.319 e. The third-order valence-corrected chi connectivity index (χ3v) is 15.3. The highest BCUT2D eigenvalue weighted by Crippen LogP contribution is 2.48. The van der Waals surface area contributed by atoms with Crippen LogP contribution in [0.4, 0.5) is 15.9 Å². The lowest BCUT2D eigenvalue weighted by Crippen LogP contribution is -2.56. The summed E-state index contributed by atoms with van der Waals surface area (Å²) in [5.74, 6) is 2.49. The number of fused-ring (bicyclic) bond motifs is 5. The Morgan fingerprint density at radius 3 is 2.48 bits per heavy atom. The van der Waals surface area contributed by atoms with Crippen molar-refractivity contribution in [3.05, 3.63) is 77.2 Å². The number of carbonyl (C=O) groups excluding carboxylic acids is 3. The molecule has 15 nitrogen and oxygen atoms in total. The number of carbonyl (C=O) groups is 3. The van der Waals surface area contributed by atoms with Crippen LogP contribution in [0, 0.1) is 29.5 Å². The van der Waals surface area contributed by atoms with E-state index in [1.807, 2.05) is 24.3 Å². The molecule has 8 heterocycles. The zero-order valence-electron chi connectivity index (χ0n) is 37.3. The van der Waals surface area contributed by atoms with Crippen molar-refractivity contribution in [2.75, 3.05) is 81.9 Å². The summed E-state index contributed by atoms with van der Waals surface area (Å²) in [6.07, 6.45) is 12.4. The normalized spacial score (nSPS) is 24.0. The fourth-order valence-electron chi connectivity index (χ4n) is 11.7. The van der Waals surface area contributed by atoms with Gasteiger partial charge in [-0.2, -0.15) is 9.97 Å². The summed E-state index contributed by atoms with van der Waals surface area (Å²) in [4.78, 5) is 63.1. The largest absolute Gasteiger partial charge is 0.508 e. The molecule has 2 unspecified atom stereocenters. The number of halogens is 1. The molecule has 2 aromatic heterocycles. The summed E-state index contributed by atoms with van der Waals surface area (Å²) in [5, 5.41) is 18.6. The van der Waals surface area contributed by atoms with E-state index >= 15 is 4.39 Å². The number of likely N-dealkylation sites (tertiary alicyclic amines) is 1. The van der Waals surface area contributed by atoms with Gasteiger partial charge in [-0.3, -0.25) is 29.6 Å². The molecular weight excluding hydrogens is 852 g/mol. The van der Waals surface area contributed by atoms with Gasteiger partial charge in [-0.1, -0.05) is 18.1 Å². The third kappa shape index (κ3) is 7.76. The van der Waals surface area contributed by atoms with Crippen LogP contribution in [0.3, 0.4) is 0 Å². The molecule has 1 aliphatic carbocycles. The minimum atomic E-state index is -0.614. The van der Waals surface area contributed by atoms with Crippen LogP contribution in [0.25, 0.3) is 32.9 Å². The molecule has 3 amide bonds. The molecular formula is C51H53FN10O5. The number of piperidine rings is 1. The Morgan fingerprint density at radius 2 is 1.72 bits per heavy atom. The number of piperazine rings is 2. The van der Waals surface area contributed by atoms with E-state index in [0.717, 1.165) is 102 Å². The third-order valence-electron chi connectivity index (χ3n) is 15.3. The molecule has 2 bridgehead atoms. The summed E-state index contributed by atoms with van der Waals surface area (Å²) >= 11 is 0. The monoisotopic (exact) mass is 904 g/mol. The lowest BCUT2D eigenvalue weighted by atomic mass is 9.96. The van der Waals surface area contributed by atoms with Crippen molar-refractivity contribution in [1.29, 1.82) is 0 Å². The van der Waals surface area contributed by atoms with Crippen LogP contribution in [0.5, 0.6) is 11.8 Å². The summed E-state index contributed by atoms with van der Waals surface area (Å²) in [7, 11) is 0. The molecule has 0 radical (unpaired) electrons. The van der Waals surface area contributed by atoms with Crippen LogP contribution >= 0.6 is 0 Å². The fourth-order valence-corrected chi connectivity index (χ4v) is 11.7. The number of rotatable bonds is 11. The van der Waals surface area contributed by atoms with Gasteiger partial charge >= 0.3 is 6.01 Å². The SMILES string of the molecule is C#Cc1cccc2cc(O)cc(-c3ncc4c(N5CC6CCC(C5)N6)nc(OCC5(CN6CC(CN7CCN(c8ccc9c(c8)CN([C@H]8CCC(=O)NC8=O)C9=O)CC7)C6)CC5)nc4c3F)c12. The Hall–Kier alpha value is -6.41. The van der Waals surface area contributed by atoms with Crippen molar-refractivity contribution in [2.24, 2.45) is 11.3 Å². The maximum Gasteiger partial charge on any atom is 0.319 e. The molecule has 5 aromatic rings. The Labute approximate surface area is 387 Å². The Bertz CT molecular complexity index is 2890. The van der Waals surface area contributed by atoms with E-state index in [0.29, 0.717) is 76.2 Å². The number of pyridine rings is 1. The molecule has 6 fully saturated rings. The molecule has 3 N–H and O–H groups in total. The number of nitrogens with zero attached hydrogens (tertiary/aromatic N) is 8. The van der Waals surface area contributed by atoms with Gasteiger partial charge in [0.1, 0.15) is 28.8 Å². The minimum Gasteiger partial charge on any atom is -0.508 e. The quantitative estimate of drug-likeness (QED) is 0.128. The van der Waals surface area contributed by atoms with Gasteiger partial charge in [0.25, 0.3) is 5.91 Å². The second-order valence-corrected chi connectivity index (χ2v) is 20.0. The zero-order valence-corrected chi connectivity index (χ0v) is 37.3. The molecule has 12 rings (SSSR count). The molecule has 0 spiro atoms. The average molecular weight is 905 g/mol. The number of benzene rings is 3. The highest BCUT2D eigenvalue weighted by molar-refractivity contribution is 6.06. The van der Waals surface area contributed by atoms with Crippen molar-refractivity contribution in [2.45, 2.75) is 63.2 Å². The lowest BCUT2D eigenvalue weighted by Gasteiger charge is -2.45. The topological polar surface area (TPSA) is 160 Å². The van der Waals surface area contributed by atoms with E-state index in [1.165, 1.54) is 6.07 Å². The first-order chi connectivity index (χ1) is 32.6. The number of terminal acetylenes is 1. The first-order valence-electron chi connectivity index (χ1n) is 23.8. The molecule has 5 saturated heterocycles. The van der Waals surface area contributed by atoms with E-state index in [2.05, 4.69) is 47.2 Å². The predicted molar refractivity (Wildman–Crippen MR) is 250 cm³/mol. The number of amides is 3. The molecule has 7 aliphatic rings. The van der Waals surface area contributed by atoms with Gasteiger partial charge in [0.05, 0.1) is 12.0 Å². The number of hydrogen-bond acceptors (Lipinski definition) is 13. The van der Waals surface area contributed by atoms with Gasteiger partial charge in [0.2, 0.25) is 11.8 Å². The van der Waals surface area contributed by atoms with Crippen LogP contribution in [-0.2, 0) is 16.1 Å². The van der Waals surface area contributed by atoms with Gasteiger partial charge in [0, 0.05) is 130 Å². The van der Waals surface area contributed by atoms with Crippen LogP contribution in [0.2, 0.25) is 0 Å². The first kappa shape index (κ1) is 42.0. The number of hydrogen-bond donors (Lipinski definition) is 3. The number of anilines is 2. The van der Waals surface area contributed by atoms with Crippen molar-refractivity contribution in [3.8, 4) is 35.4 Å². The van der Waals surface area contributed by atoms with E-state index in [-0.39, 0.29) is 46.6 Å². The van der Waals surface area contributed by atoms with Crippen LogP contribution in [0.15, 0.2) is 54.7 Å². The van der Waals surface area contributed by atoms with Crippen molar-refractivity contribution in [1.82, 2.24) is 40.3 Å². The molecule has 3 aromatic carbocycles. The molecule has 67 heavy (non-hydrogen) atoms. The first-order valence-corrected chi connectivity index (χ1v) is 23.8. The summed E-state index contributed by atoms with van der Waals surface area (Å²) < 4.78 is 23.6. The number of phenolic OH excluding ortho intramolecular Hbond substituents is 1. The maximum absolute atomic E-state index is 17.1. The number of phenols is 1. The van der Waals surface area contributed by atoms with Gasteiger partial charge < -0.3 is 34.8 Å². The molecule has 16 heteroatoms. The number of aromatic hydroxyl groups is 1. The van der Waals surface area contributed by atoms with Crippen LogP contribution in [0.1, 0.15) is 60.0 Å². The van der Waals surface area contributed by atoms with E-state index in [4.69, 9.17) is 21.1 Å². The second kappa shape index (κ2) is 16.4. The maximum atomic E-state index is 17.1.